The number of ether oxygens (including phenoxy) is 2. The van der Waals surface area contributed by atoms with Crippen molar-refractivity contribution in [2.45, 2.75) is 24.3 Å². The van der Waals surface area contributed by atoms with Gasteiger partial charge >= 0.3 is 0 Å². The van der Waals surface area contributed by atoms with Crippen LogP contribution in [0.25, 0.3) is 0 Å². The second-order valence-corrected chi connectivity index (χ2v) is 7.65. The highest BCUT2D eigenvalue weighted by Gasteiger charge is 2.46. The molecule has 6 heteroatoms. The van der Waals surface area contributed by atoms with Crippen LogP contribution in [0, 0.1) is 0 Å². The number of hydrogen-bond acceptors (Lipinski definition) is 6. The molecule has 0 radical (unpaired) electrons. The molecule has 0 saturated carbocycles. The molecule has 128 valence electrons. The van der Waals surface area contributed by atoms with E-state index in [-0.39, 0.29) is 0 Å². The lowest BCUT2D eigenvalue weighted by molar-refractivity contribution is 0.0839. The number of aromatic nitrogens is 1. The second-order valence-electron chi connectivity index (χ2n) is 6.66. The molecule has 1 saturated heterocycles. The number of fused-ring (bicyclic) bond motifs is 4. The Morgan fingerprint density at radius 1 is 1.12 bits per heavy atom. The van der Waals surface area contributed by atoms with Crippen LogP contribution in [0.15, 0.2) is 41.5 Å². The van der Waals surface area contributed by atoms with Crippen LogP contribution < -0.4 is 10.5 Å². The molecule has 3 aliphatic rings. The van der Waals surface area contributed by atoms with Gasteiger partial charge < -0.3 is 15.2 Å². The van der Waals surface area contributed by atoms with E-state index in [9.17, 15) is 0 Å². The van der Waals surface area contributed by atoms with Gasteiger partial charge in [0, 0.05) is 42.2 Å². The summed E-state index contributed by atoms with van der Waals surface area (Å²) in [7, 11) is 0. The molecule has 25 heavy (non-hydrogen) atoms. The van der Waals surface area contributed by atoms with Crippen molar-refractivity contribution in [2.75, 3.05) is 19.0 Å². The maximum absolute atomic E-state index is 6.36. The molecule has 1 spiro atoms. The first kappa shape index (κ1) is 15.2. The van der Waals surface area contributed by atoms with Gasteiger partial charge in [-0.3, -0.25) is 4.98 Å². The summed E-state index contributed by atoms with van der Waals surface area (Å²) in [5.41, 5.74) is 8.80. The lowest BCUT2D eigenvalue weighted by atomic mass is 9.80. The van der Waals surface area contributed by atoms with Crippen molar-refractivity contribution in [3.8, 4) is 11.5 Å². The summed E-state index contributed by atoms with van der Waals surface area (Å²) in [5, 5.41) is 0.632. The zero-order valence-corrected chi connectivity index (χ0v) is 14.6. The zero-order chi connectivity index (χ0) is 16.9. The first-order valence-corrected chi connectivity index (χ1v) is 9.59. The number of thioether (sulfide) groups is 1. The third-order valence-electron chi connectivity index (χ3n) is 5.26. The molecule has 1 atom stereocenters. The molecule has 5 rings (SSSR count). The van der Waals surface area contributed by atoms with Crippen LogP contribution in [-0.4, -0.2) is 29.1 Å². The maximum atomic E-state index is 6.36. The third kappa shape index (κ3) is 2.28. The summed E-state index contributed by atoms with van der Waals surface area (Å²) in [6, 6.07) is 10.2. The lowest BCUT2D eigenvalue weighted by Crippen LogP contribution is -2.31. The van der Waals surface area contributed by atoms with Crippen molar-refractivity contribution in [3.63, 3.8) is 0 Å². The molecule has 1 fully saturated rings. The average Bonchev–Trinajstić information content (AvgIpc) is 3.05. The Morgan fingerprint density at radius 3 is 2.76 bits per heavy atom. The quantitative estimate of drug-likeness (QED) is 0.851. The fourth-order valence-corrected chi connectivity index (χ4v) is 4.97. The predicted octanol–water partition coefficient (Wildman–Crippen LogP) is 3.39. The molecule has 5 nitrogen and oxygen atoms in total. The zero-order valence-electron chi connectivity index (χ0n) is 13.8. The molecule has 2 aromatic rings. The summed E-state index contributed by atoms with van der Waals surface area (Å²) in [6.07, 6.45) is 3.83. The number of nitrogens with zero attached hydrogens (tertiary/aromatic N) is 2. The van der Waals surface area contributed by atoms with Gasteiger partial charge in [-0.15, -0.1) is 0 Å². The largest absolute Gasteiger partial charge is 0.455 e. The van der Waals surface area contributed by atoms with E-state index in [1.54, 1.807) is 11.8 Å². The maximum Gasteiger partial charge on any atom is 0.155 e. The van der Waals surface area contributed by atoms with Gasteiger partial charge in [0.1, 0.15) is 11.3 Å². The van der Waals surface area contributed by atoms with Gasteiger partial charge in [-0.1, -0.05) is 30.0 Å². The fraction of sp³-hybridized carbons (Fsp3) is 0.368. The third-order valence-corrected chi connectivity index (χ3v) is 6.21. The van der Waals surface area contributed by atoms with Gasteiger partial charge in [0.15, 0.2) is 10.9 Å². The Bertz CT molecular complexity index is 863. The minimum absolute atomic E-state index is 0.362. The fourth-order valence-electron chi connectivity index (χ4n) is 4.02. The Balaban J connectivity index is 1.72. The van der Waals surface area contributed by atoms with Gasteiger partial charge in [0.05, 0.1) is 5.69 Å². The molecule has 2 N–H and O–H groups in total. The highest BCUT2D eigenvalue weighted by molar-refractivity contribution is 8.14. The average molecular weight is 353 g/mol. The Hall–Kier alpha value is -2.05. The first-order chi connectivity index (χ1) is 12.3. The molecule has 4 heterocycles. The molecule has 0 bridgehead atoms. The van der Waals surface area contributed by atoms with Crippen LogP contribution in [0.4, 0.5) is 0 Å². The van der Waals surface area contributed by atoms with Gasteiger partial charge in [0.25, 0.3) is 0 Å². The van der Waals surface area contributed by atoms with Gasteiger partial charge in [-0.2, -0.15) is 0 Å². The molecule has 0 aliphatic carbocycles. The van der Waals surface area contributed by atoms with Crippen LogP contribution in [-0.2, 0) is 10.3 Å². The number of benzene rings is 1. The summed E-state index contributed by atoms with van der Waals surface area (Å²) in [4.78, 5) is 9.57. The minimum Gasteiger partial charge on any atom is -0.455 e. The summed E-state index contributed by atoms with van der Waals surface area (Å²) in [5.74, 6) is 2.88. The van der Waals surface area contributed by atoms with Crippen molar-refractivity contribution in [3.05, 3.63) is 53.3 Å². The number of hydrogen-bond donors (Lipinski definition) is 1. The van der Waals surface area contributed by atoms with Gasteiger partial charge in [-0.25, -0.2) is 4.99 Å². The molecule has 1 aromatic heterocycles. The molecular formula is C19H19N3O2S. The SMILES string of the molecule is NC1=NC2(CS1)c1ccccc1Oc1c2ccnc1C1CCOCC1. The van der Waals surface area contributed by atoms with Crippen molar-refractivity contribution >= 4 is 16.9 Å². The minimum atomic E-state index is -0.470. The normalized spacial score (nSPS) is 25.2. The number of pyridine rings is 1. The number of rotatable bonds is 1. The van der Waals surface area contributed by atoms with E-state index in [2.05, 4.69) is 6.07 Å². The molecule has 3 aliphatic heterocycles. The second kappa shape index (κ2) is 5.75. The van der Waals surface area contributed by atoms with E-state index in [4.69, 9.17) is 25.2 Å². The number of nitrogens with two attached hydrogens (primary N) is 1. The van der Waals surface area contributed by atoms with Crippen LogP contribution in [0.1, 0.15) is 35.6 Å². The van der Waals surface area contributed by atoms with Gasteiger partial charge in [0.2, 0.25) is 0 Å². The van der Waals surface area contributed by atoms with Crippen molar-refractivity contribution < 1.29 is 9.47 Å². The van der Waals surface area contributed by atoms with Crippen molar-refractivity contribution in [1.29, 1.82) is 0 Å². The van der Waals surface area contributed by atoms with Crippen LogP contribution in [0.2, 0.25) is 0 Å². The summed E-state index contributed by atoms with van der Waals surface area (Å²) in [6.45, 7) is 1.55. The van der Waals surface area contributed by atoms with E-state index in [0.29, 0.717) is 11.1 Å². The van der Waals surface area contributed by atoms with Crippen molar-refractivity contribution in [2.24, 2.45) is 10.7 Å². The van der Waals surface area contributed by atoms with Crippen molar-refractivity contribution in [1.82, 2.24) is 4.98 Å². The standard InChI is InChI=1S/C19H19N3O2S/c20-18-22-19(11-25-18)13-3-1-2-4-15(13)24-17-14(19)5-8-21-16(17)12-6-9-23-10-7-12/h1-5,8,12H,6-7,9-11H2,(H2,20,22). The molecule has 1 aromatic carbocycles. The topological polar surface area (TPSA) is 69.7 Å². The Kier molecular flexibility index (Phi) is 3.50. The first-order valence-electron chi connectivity index (χ1n) is 8.60. The Morgan fingerprint density at radius 2 is 1.96 bits per heavy atom. The highest BCUT2D eigenvalue weighted by atomic mass is 32.2. The predicted molar refractivity (Wildman–Crippen MR) is 98.4 cm³/mol. The van der Waals surface area contributed by atoms with E-state index in [0.717, 1.165) is 60.1 Å². The van der Waals surface area contributed by atoms with Crippen LogP contribution >= 0.6 is 11.8 Å². The molecular weight excluding hydrogens is 334 g/mol. The number of amidine groups is 1. The van der Waals surface area contributed by atoms with Gasteiger partial charge in [-0.05, 0) is 25.0 Å². The van der Waals surface area contributed by atoms with Crippen LogP contribution in [0.3, 0.4) is 0 Å². The highest BCUT2D eigenvalue weighted by Crippen LogP contribution is 2.54. The van der Waals surface area contributed by atoms with E-state index in [1.165, 1.54) is 0 Å². The van der Waals surface area contributed by atoms with E-state index in [1.807, 2.05) is 30.5 Å². The summed E-state index contributed by atoms with van der Waals surface area (Å²) >= 11 is 1.60. The Labute approximate surface area is 150 Å². The van der Waals surface area contributed by atoms with E-state index < -0.39 is 5.54 Å². The molecule has 0 amide bonds. The monoisotopic (exact) mass is 353 g/mol. The molecule has 1 unspecified atom stereocenters. The smallest absolute Gasteiger partial charge is 0.155 e. The van der Waals surface area contributed by atoms with E-state index >= 15 is 0 Å². The number of para-hydroxylation sites is 1. The summed E-state index contributed by atoms with van der Waals surface area (Å²) < 4.78 is 11.9. The number of aliphatic imine (C=N–C) groups is 1. The van der Waals surface area contributed by atoms with Crippen LogP contribution in [0.5, 0.6) is 11.5 Å². The lowest BCUT2D eigenvalue weighted by Gasteiger charge is -2.36.